The molecule has 3 heteroatoms. The second-order valence-electron chi connectivity index (χ2n) is 8.76. The Kier molecular flexibility index (Phi) is 5.42. The highest BCUT2D eigenvalue weighted by atomic mass is 16.3. The number of allylic oxidation sites excluding steroid dienone is 1. The summed E-state index contributed by atoms with van der Waals surface area (Å²) in [6.07, 6.45) is 9.75. The highest BCUT2D eigenvalue weighted by molar-refractivity contribution is 5.60. The maximum atomic E-state index is 11.8. The number of hydrogen-bond acceptors (Lipinski definition) is 3. The van der Waals surface area contributed by atoms with Crippen molar-refractivity contribution in [3.05, 3.63) is 11.6 Å². The second-order valence-corrected chi connectivity index (χ2v) is 8.76. The quantitative estimate of drug-likeness (QED) is 0.596. The molecule has 2 N–H and O–H groups in total. The van der Waals surface area contributed by atoms with Crippen LogP contribution < -0.4 is 0 Å². The zero-order valence-corrected chi connectivity index (χ0v) is 15.3. The van der Waals surface area contributed by atoms with E-state index >= 15 is 0 Å². The average molecular weight is 322 g/mol. The van der Waals surface area contributed by atoms with Crippen molar-refractivity contribution in [3.63, 3.8) is 0 Å². The van der Waals surface area contributed by atoms with Gasteiger partial charge >= 0.3 is 0 Å². The van der Waals surface area contributed by atoms with Crippen LogP contribution in [0.25, 0.3) is 0 Å². The summed E-state index contributed by atoms with van der Waals surface area (Å²) in [7, 11) is 0. The lowest BCUT2D eigenvalue weighted by atomic mass is 9.45. The van der Waals surface area contributed by atoms with E-state index in [9.17, 15) is 9.90 Å². The van der Waals surface area contributed by atoms with Gasteiger partial charge in [-0.25, -0.2) is 0 Å². The van der Waals surface area contributed by atoms with E-state index in [0.717, 1.165) is 44.9 Å². The summed E-state index contributed by atoms with van der Waals surface area (Å²) < 4.78 is 0. The zero-order chi connectivity index (χ0) is 17.3. The zero-order valence-electron chi connectivity index (χ0n) is 15.3. The number of aldehydes is 1. The van der Waals surface area contributed by atoms with Gasteiger partial charge in [0.1, 0.15) is 6.29 Å². The van der Waals surface area contributed by atoms with Gasteiger partial charge in [0.15, 0.2) is 0 Å². The topological polar surface area (TPSA) is 57.5 Å². The van der Waals surface area contributed by atoms with Gasteiger partial charge in [0.25, 0.3) is 0 Å². The standard InChI is InChI=1S/C20H34O3/c1-15(9-13-21)6-7-17-19(3)11-5-10-18(2,14-22)16(19)8-12-20(17,4)23/h9,14,16-17,21,23H,5-8,10-13H2,1-4H3. The molecule has 0 aliphatic heterocycles. The molecule has 0 aromatic carbocycles. The van der Waals surface area contributed by atoms with Crippen LogP contribution >= 0.6 is 0 Å². The number of rotatable bonds is 5. The minimum atomic E-state index is -0.661. The molecule has 0 aromatic rings. The highest BCUT2D eigenvalue weighted by Gasteiger charge is 2.58. The second kappa shape index (κ2) is 6.68. The summed E-state index contributed by atoms with van der Waals surface area (Å²) in [6, 6.07) is 0. The number of hydrogen-bond donors (Lipinski definition) is 2. The van der Waals surface area contributed by atoms with Gasteiger partial charge in [0.2, 0.25) is 0 Å². The first-order valence-corrected chi connectivity index (χ1v) is 9.15. The van der Waals surface area contributed by atoms with Crippen LogP contribution in [0.4, 0.5) is 0 Å². The molecule has 3 nitrogen and oxygen atoms in total. The summed E-state index contributed by atoms with van der Waals surface area (Å²) in [5, 5.41) is 20.1. The van der Waals surface area contributed by atoms with Gasteiger partial charge in [-0.15, -0.1) is 0 Å². The molecule has 5 atom stereocenters. The van der Waals surface area contributed by atoms with E-state index in [0.29, 0.717) is 5.92 Å². The highest BCUT2D eigenvalue weighted by Crippen LogP contribution is 2.62. The Labute approximate surface area is 141 Å². The molecule has 132 valence electrons. The van der Waals surface area contributed by atoms with E-state index in [2.05, 4.69) is 13.8 Å². The van der Waals surface area contributed by atoms with Crippen molar-refractivity contribution in [1.82, 2.24) is 0 Å². The van der Waals surface area contributed by atoms with Gasteiger partial charge < -0.3 is 15.0 Å². The molecule has 2 fully saturated rings. The molecule has 0 radical (unpaired) electrons. The summed E-state index contributed by atoms with van der Waals surface area (Å²) in [4.78, 5) is 11.8. The van der Waals surface area contributed by atoms with Crippen LogP contribution in [0.15, 0.2) is 11.6 Å². The molecule has 0 aromatic heterocycles. The maximum absolute atomic E-state index is 11.8. The molecule has 0 bridgehead atoms. The molecule has 2 aliphatic carbocycles. The third-order valence-corrected chi connectivity index (χ3v) is 7.05. The Balaban J connectivity index is 2.28. The Hall–Kier alpha value is -0.670. The van der Waals surface area contributed by atoms with Gasteiger partial charge in [-0.2, -0.15) is 0 Å². The first kappa shape index (κ1) is 18.7. The summed E-state index contributed by atoms with van der Waals surface area (Å²) >= 11 is 0. The van der Waals surface area contributed by atoms with Crippen LogP contribution in [-0.2, 0) is 4.79 Å². The fourth-order valence-electron chi connectivity index (χ4n) is 5.76. The van der Waals surface area contributed by atoms with Crippen molar-refractivity contribution in [2.75, 3.05) is 6.61 Å². The molecular formula is C20H34O3. The number of carbonyl (C=O) groups excluding carboxylic acids is 1. The SMILES string of the molecule is CC(=CCO)CCC1C(C)(O)CCC2C(C)(C=O)CCCC12C. The Morgan fingerprint density at radius 1 is 1.22 bits per heavy atom. The largest absolute Gasteiger partial charge is 0.392 e. The lowest BCUT2D eigenvalue weighted by Crippen LogP contribution is -2.58. The monoisotopic (exact) mass is 322 g/mol. The molecule has 5 unspecified atom stereocenters. The minimum Gasteiger partial charge on any atom is -0.392 e. The van der Waals surface area contributed by atoms with Crippen LogP contribution in [0.3, 0.4) is 0 Å². The minimum absolute atomic E-state index is 0.0230. The Bertz CT molecular complexity index is 468. The van der Waals surface area contributed by atoms with E-state index in [-0.39, 0.29) is 23.4 Å². The van der Waals surface area contributed by atoms with Crippen molar-refractivity contribution in [2.45, 2.75) is 78.2 Å². The lowest BCUT2D eigenvalue weighted by molar-refractivity contribution is -0.173. The van der Waals surface area contributed by atoms with Crippen molar-refractivity contribution in [1.29, 1.82) is 0 Å². The van der Waals surface area contributed by atoms with Gasteiger partial charge in [-0.3, -0.25) is 0 Å². The first-order chi connectivity index (χ1) is 10.7. The molecular weight excluding hydrogens is 288 g/mol. The predicted molar refractivity (Wildman–Crippen MR) is 93.0 cm³/mol. The molecule has 2 saturated carbocycles. The number of fused-ring (bicyclic) bond motifs is 1. The van der Waals surface area contributed by atoms with Crippen LogP contribution in [-0.4, -0.2) is 28.7 Å². The lowest BCUT2D eigenvalue weighted by Gasteiger charge is -2.60. The van der Waals surface area contributed by atoms with Crippen molar-refractivity contribution < 1.29 is 15.0 Å². The van der Waals surface area contributed by atoms with Crippen molar-refractivity contribution in [2.24, 2.45) is 22.7 Å². The smallest absolute Gasteiger partial charge is 0.126 e. The van der Waals surface area contributed by atoms with Crippen LogP contribution in [0.2, 0.25) is 0 Å². The van der Waals surface area contributed by atoms with E-state index in [1.165, 1.54) is 11.9 Å². The van der Waals surface area contributed by atoms with Gasteiger partial charge in [0, 0.05) is 5.41 Å². The van der Waals surface area contributed by atoms with E-state index < -0.39 is 5.60 Å². The maximum Gasteiger partial charge on any atom is 0.126 e. The third-order valence-electron chi connectivity index (χ3n) is 7.05. The van der Waals surface area contributed by atoms with Crippen LogP contribution in [0, 0.1) is 22.7 Å². The summed E-state index contributed by atoms with van der Waals surface area (Å²) in [5.74, 6) is 0.573. The fraction of sp³-hybridized carbons (Fsp3) is 0.850. The van der Waals surface area contributed by atoms with Crippen LogP contribution in [0.1, 0.15) is 72.6 Å². The fourth-order valence-corrected chi connectivity index (χ4v) is 5.76. The van der Waals surface area contributed by atoms with Crippen molar-refractivity contribution in [3.8, 4) is 0 Å². The van der Waals surface area contributed by atoms with E-state index in [4.69, 9.17) is 5.11 Å². The molecule has 23 heavy (non-hydrogen) atoms. The molecule has 2 aliphatic rings. The summed E-state index contributed by atoms with van der Waals surface area (Å²) in [5.41, 5.74) is 0.307. The molecule has 2 rings (SSSR count). The van der Waals surface area contributed by atoms with Crippen LogP contribution in [0.5, 0.6) is 0 Å². The van der Waals surface area contributed by atoms with Crippen molar-refractivity contribution >= 4 is 6.29 Å². The Morgan fingerprint density at radius 2 is 1.91 bits per heavy atom. The Morgan fingerprint density at radius 3 is 2.52 bits per heavy atom. The van der Waals surface area contributed by atoms with Gasteiger partial charge in [0.05, 0.1) is 12.2 Å². The summed E-state index contributed by atoms with van der Waals surface area (Å²) in [6.45, 7) is 8.54. The van der Waals surface area contributed by atoms with E-state index in [1.807, 2.05) is 19.9 Å². The molecule has 0 saturated heterocycles. The van der Waals surface area contributed by atoms with E-state index in [1.54, 1.807) is 0 Å². The third kappa shape index (κ3) is 3.41. The molecule has 0 heterocycles. The predicted octanol–water partition coefficient (Wildman–Crippen LogP) is 3.88. The normalized spacial score (nSPS) is 44.7. The van der Waals surface area contributed by atoms with Gasteiger partial charge in [-0.1, -0.05) is 31.9 Å². The average Bonchev–Trinajstić information content (AvgIpc) is 2.46. The number of aliphatic hydroxyl groups is 2. The molecule has 0 spiro atoms. The first-order valence-electron chi connectivity index (χ1n) is 9.15. The molecule has 0 amide bonds. The number of carbonyl (C=O) groups is 1. The number of aliphatic hydroxyl groups excluding tert-OH is 1. The van der Waals surface area contributed by atoms with Gasteiger partial charge in [-0.05, 0) is 69.6 Å².